The highest BCUT2D eigenvalue weighted by molar-refractivity contribution is 7.46. The van der Waals surface area contributed by atoms with Gasteiger partial charge in [0.15, 0.2) is 5.76 Å². The molecule has 0 unspecified atom stereocenters. The van der Waals surface area contributed by atoms with Crippen molar-refractivity contribution in [2.24, 2.45) is 0 Å². The van der Waals surface area contributed by atoms with Crippen molar-refractivity contribution in [2.45, 2.75) is 13.2 Å². The maximum Gasteiger partial charge on any atom is 0.472 e. The number of phosphoric ester groups is 1. The highest BCUT2D eigenvalue weighted by Crippen LogP contribution is 2.35. The van der Waals surface area contributed by atoms with Crippen LogP contribution in [0, 0.1) is 0 Å². The highest BCUT2D eigenvalue weighted by Gasteiger charge is 2.21. The third kappa shape index (κ3) is 5.46. The van der Waals surface area contributed by atoms with Crippen molar-refractivity contribution in [1.82, 2.24) is 10.1 Å². The van der Waals surface area contributed by atoms with Gasteiger partial charge in [-0.3, -0.25) is 5.73 Å². The summed E-state index contributed by atoms with van der Waals surface area (Å²) >= 11 is 0. The Kier molecular flexibility index (Phi) is 6.30. The van der Waals surface area contributed by atoms with Crippen molar-refractivity contribution in [3.63, 3.8) is 0 Å². The monoisotopic (exact) mass is 448 g/mol. The molecule has 4 rings (SSSR count). The number of nitrogen functional groups attached to an aromatic ring is 1. The Bertz CT molecular complexity index is 1080. The maximum absolute atomic E-state index is 10.9. The molecule has 3 aromatic rings. The van der Waals surface area contributed by atoms with Crippen molar-refractivity contribution in [3.05, 3.63) is 54.0 Å². The molecule has 0 radical (unpaired) electrons. The summed E-state index contributed by atoms with van der Waals surface area (Å²) in [6.07, 6.45) is 3.91. The molecular weight excluding hydrogens is 425 g/mol. The van der Waals surface area contributed by atoms with E-state index in [1.54, 1.807) is 24.4 Å². The van der Waals surface area contributed by atoms with Gasteiger partial charge in [-0.1, -0.05) is 11.2 Å². The topological polar surface area (TPSA) is 148 Å². The number of nitrogens with zero attached hydrogens (tertiary/aromatic N) is 4. The van der Waals surface area contributed by atoms with Gasteiger partial charge < -0.3 is 23.9 Å². The Morgan fingerprint density at radius 1 is 1.26 bits per heavy atom. The summed E-state index contributed by atoms with van der Waals surface area (Å²) < 4.78 is 27.6. The number of ether oxygens (including phenoxy) is 1. The Morgan fingerprint density at radius 2 is 2.06 bits per heavy atom. The second-order valence-corrected chi connectivity index (χ2v) is 8.25. The molecule has 4 heterocycles. The first-order chi connectivity index (χ1) is 14.9. The summed E-state index contributed by atoms with van der Waals surface area (Å²) in [7, 11) is -4.61. The molecule has 1 aliphatic rings. The summed E-state index contributed by atoms with van der Waals surface area (Å²) in [5.41, 5.74) is 8.35. The minimum atomic E-state index is -4.61. The van der Waals surface area contributed by atoms with Crippen molar-refractivity contribution in [1.29, 1.82) is 0 Å². The van der Waals surface area contributed by atoms with Gasteiger partial charge in [0, 0.05) is 31.8 Å². The average molecular weight is 448 g/mol. The molecule has 0 saturated carbocycles. The van der Waals surface area contributed by atoms with Crippen molar-refractivity contribution in [2.75, 3.05) is 36.9 Å². The third-order valence-electron chi connectivity index (χ3n) is 4.83. The molecule has 0 amide bonds. The van der Waals surface area contributed by atoms with Gasteiger partial charge in [-0.05, 0) is 23.8 Å². The van der Waals surface area contributed by atoms with Crippen LogP contribution in [0.5, 0.6) is 0 Å². The van der Waals surface area contributed by atoms with Gasteiger partial charge in [0.2, 0.25) is 6.73 Å². The minimum Gasteiger partial charge on any atom is -0.378 e. The summed E-state index contributed by atoms with van der Waals surface area (Å²) in [5.74, 6) is 1.60. The molecule has 0 atom stereocenters. The Morgan fingerprint density at radius 3 is 2.77 bits per heavy atom. The number of aromatic nitrogens is 3. The van der Waals surface area contributed by atoms with E-state index in [1.165, 1.54) is 4.57 Å². The molecule has 0 aromatic carbocycles. The minimum absolute atomic E-state index is 0.232. The number of hydrogen-bond donors (Lipinski definition) is 3. The first kappa shape index (κ1) is 21.4. The predicted octanol–water partition coefficient (Wildman–Crippen LogP) is 1.10. The first-order valence-corrected chi connectivity index (χ1v) is 11.1. The fraction of sp³-hybridized carbons (Fsp3) is 0.316. The van der Waals surface area contributed by atoms with Gasteiger partial charge in [-0.15, -0.1) is 0 Å². The third-order valence-corrected chi connectivity index (χ3v) is 5.28. The van der Waals surface area contributed by atoms with E-state index in [9.17, 15) is 4.57 Å². The lowest BCUT2D eigenvalue weighted by Crippen LogP contribution is -2.38. The summed E-state index contributed by atoms with van der Waals surface area (Å²) in [5, 5.41) is 4.11. The number of hydrogen-bond acceptors (Lipinski definition) is 8. The fourth-order valence-corrected chi connectivity index (χ4v) is 3.53. The van der Waals surface area contributed by atoms with Gasteiger partial charge in [-0.2, -0.15) is 0 Å². The molecule has 1 saturated heterocycles. The second-order valence-electron chi connectivity index (χ2n) is 7.01. The van der Waals surface area contributed by atoms with Gasteiger partial charge in [-0.25, -0.2) is 18.6 Å². The van der Waals surface area contributed by atoms with E-state index < -0.39 is 14.6 Å². The molecule has 0 bridgehead atoms. The Labute approximate surface area is 178 Å². The number of morpholine rings is 1. The van der Waals surface area contributed by atoms with Crippen LogP contribution in [-0.4, -0.2) is 46.2 Å². The molecular formula is C19H23N5O6P+. The van der Waals surface area contributed by atoms with E-state index in [-0.39, 0.29) is 5.82 Å². The maximum atomic E-state index is 10.9. The van der Waals surface area contributed by atoms with Crippen LogP contribution in [-0.2, 0) is 27.0 Å². The molecule has 0 aliphatic carbocycles. The summed E-state index contributed by atoms with van der Waals surface area (Å²) in [6.45, 7) is 2.68. The molecule has 0 spiro atoms. The van der Waals surface area contributed by atoms with E-state index in [0.717, 1.165) is 24.5 Å². The molecule has 1 fully saturated rings. The second kappa shape index (κ2) is 9.13. The lowest BCUT2D eigenvalue weighted by molar-refractivity contribution is -0.711. The van der Waals surface area contributed by atoms with Gasteiger partial charge in [0.1, 0.15) is 11.4 Å². The van der Waals surface area contributed by atoms with Crippen LogP contribution in [0.3, 0.4) is 0 Å². The number of anilines is 2. The summed E-state index contributed by atoms with van der Waals surface area (Å²) in [6, 6.07) is 9.17. The zero-order chi connectivity index (χ0) is 21.8. The van der Waals surface area contributed by atoms with Gasteiger partial charge >= 0.3 is 7.82 Å². The first-order valence-electron chi connectivity index (χ1n) is 9.61. The number of phosphoric acid groups is 1. The molecule has 12 heteroatoms. The van der Waals surface area contributed by atoms with E-state index in [2.05, 4.69) is 19.6 Å². The van der Waals surface area contributed by atoms with E-state index in [1.807, 2.05) is 18.3 Å². The van der Waals surface area contributed by atoms with Crippen LogP contribution in [0.1, 0.15) is 11.3 Å². The molecule has 4 N–H and O–H groups in total. The van der Waals surface area contributed by atoms with Crippen LogP contribution in [0.2, 0.25) is 0 Å². The van der Waals surface area contributed by atoms with Crippen molar-refractivity contribution >= 4 is 19.5 Å². The van der Waals surface area contributed by atoms with Crippen LogP contribution in [0.4, 0.5) is 11.6 Å². The van der Waals surface area contributed by atoms with Crippen molar-refractivity contribution < 1.29 is 32.7 Å². The van der Waals surface area contributed by atoms with Crippen LogP contribution >= 0.6 is 7.82 Å². The van der Waals surface area contributed by atoms with Crippen LogP contribution < -0.4 is 15.2 Å². The number of nitrogens with two attached hydrogens (primary N) is 1. The lowest BCUT2D eigenvalue weighted by Gasteiger charge is -2.27. The SMILES string of the molecule is Nc1c(-c2cc(Cc3ccc(N4CCOCC4)nc3)no2)ccc[n+]1COP(=O)(O)O. The van der Waals surface area contributed by atoms with Crippen molar-refractivity contribution in [3.8, 4) is 11.3 Å². The average Bonchev–Trinajstić information content (AvgIpc) is 3.22. The standard InChI is InChI=1S/C19H22N5O6P/c20-19-16(2-1-5-24(19)13-29-31(25,26)27)17-11-15(22-30-17)10-14-3-4-18(21-12-14)23-6-8-28-9-7-23/h1-5,11-12,20H,6-10,13H2,(H2,25,26,27)/p+1. The van der Waals surface area contributed by atoms with Gasteiger partial charge in [0.05, 0.1) is 25.1 Å². The largest absolute Gasteiger partial charge is 0.472 e. The van der Waals surface area contributed by atoms with Gasteiger partial charge in [0.25, 0.3) is 5.82 Å². The molecule has 11 nitrogen and oxygen atoms in total. The Balaban J connectivity index is 1.45. The zero-order valence-electron chi connectivity index (χ0n) is 16.6. The molecule has 1 aliphatic heterocycles. The quantitative estimate of drug-likeness (QED) is 0.354. The van der Waals surface area contributed by atoms with E-state index >= 15 is 0 Å². The predicted molar refractivity (Wildman–Crippen MR) is 110 cm³/mol. The molecule has 164 valence electrons. The highest BCUT2D eigenvalue weighted by atomic mass is 31.2. The van der Waals surface area contributed by atoms with E-state index in [4.69, 9.17) is 24.8 Å². The number of pyridine rings is 2. The van der Waals surface area contributed by atoms with Crippen LogP contribution in [0.15, 0.2) is 47.2 Å². The molecule has 31 heavy (non-hydrogen) atoms. The normalized spacial score (nSPS) is 14.7. The summed E-state index contributed by atoms with van der Waals surface area (Å²) in [4.78, 5) is 24.5. The molecule has 3 aromatic heterocycles. The zero-order valence-corrected chi connectivity index (χ0v) is 17.5. The Hall–Kier alpha value is -2.82. The lowest BCUT2D eigenvalue weighted by atomic mass is 10.1. The smallest absolute Gasteiger partial charge is 0.378 e. The number of rotatable bonds is 7. The van der Waals surface area contributed by atoms with E-state index in [0.29, 0.717) is 36.7 Å². The fourth-order valence-electron chi connectivity index (χ4n) is 3.25. The van der Waals surface area contributed by atoms with Crippen LogP contribution in [0.25, 0.3) is 11.3 Å².